The highest BCUT2D eigenvalue weighted by Gasteiger charge is 2.73. The fraction of sp³-hybridized carbons (Fsp3) is 0.450. The number of hydrogen-bond donors (Lipinski definition) is 1. The number of aromatic hydroxyl groups is 1. The molecule has 4 atom stereocenters. The highest BCUT2D eigenvalue weighted by atomic mass is 16.5. The lowest BCUT2D eigenvalue weighted by molar-refractivity contribution is -0.141. The van der Waals surface area contributed by atoms with Crippen molar-refractivity contribution in [1.82, 2.24) is 5.01 Å². The van der Waals surface area contributed by atoms with Crippen LogP contribution in [0.4, 0.5) is 0 Å². The lowest BCUT2D eigenvalue weighted by Gasteiger charge is -2.18. The minimum atomic E-state index is -0.240. The third-order valence-electron chi connectivity index (χ3n) is 6.44. The fourth-order valence-electron chi connectivity index (χ4n) is 5.18. The van der Waals surface area contributed by atoms with Gasteiger partial charge in [-0.05, 0) is 60.8 Å². The molecule has 0 unspecified atom stereocenters. The third-order valence-corrected chi connectivity index (χ3v) is 6.44. The van der Waals surface area contributed by atoms with Crippen LogP contribution >= 0.6 is 0 Å². The molecule has 5 rings (SSSR count). The molecule has 134 valence electrons. The fourth-order valence-corrected chi connectivity index (χ4v) is 5.18. The number of benzene rings is 1. The van der Waals surface area contributed by atoms with E-state index in [0.717, 1.165) is 17.9 Å². The predicted molar refractivity (Wildman–Crippen MR) is 93.5 cm³/mol. The van der Waals surface area contributed by atoms with Crippen LogP contribution in [0.15, 0.2) is 35.5 Å². The molecular formula is C20H20N2O4. The zero-order chi connectivity index (χ0) is 18.1. The van der Waals surface area contributed by atoms with Crippen molar-refractivity contribution in [2.24, 2.45) is 34.2 Å². The summed E-state index contributed by atoms with van der Waals surface area (Å²) in [6.07, 6.45) is 8.01. The number of hydrazone groups is 1. The summed E-state index contributed by atoms with van der Waals surface area (Å²) in [7, 11) is 0. The molecule has 0 radical (unpaired) electrons. The molecule has 1 saturated heterocycles. The van der Waals surface area contributed by atoms with Crippen molar-refractivity contribution in [3.05, 3.63) is 35.9 Å². The number of phenols is 1. The number of amides is 2. The molecule has 26 heavy (non-hydrogen) atoms. The van der Waals surface area contributed by atoms with E-state index in [-0.39, 0.29) is 46.7 Å². The van der Waals surface area contributed by atoms with Crippen molar-refractivity contribution in [3.8, 4) is 11.5 Å². The van der Waals surface area contributed by atoms with E-state index in [4.69, 9.17) is 4.74 Å². The van der Waals surface area contributed by atoms with Gasteiger partial charge in [0.25, 0.3) is 11.8 Å². The highest BCUT2D eigenvalue weighted by molar-refractivity contribution is 6.07. The van der Waals surface area contributed by atoms with Gasteiger partial charge in [-0.25, -0.2) is 0 Å². The van der Waals surface area contributed by atoms with E-state index in [2.05, 4.69) is 17.3 Å². The molecule has 4 aliphatic rings. The molecule has 1 aliphatic heterocycles. The molecule has 1 aromatic carbocycles. The number of allylic oxidation sites excluding steroid dienone is 2. The number of rotatable bonds is 4. The maximum atomic E-state index is 12.8. The second kappa shape index (κ2) is 5.19. The van der Waals surface area contributed by atoms with E-state index in [1.54, 1.807) is 12.1 Å². The summed E-state index contributed by atoms with van der Waals surface area (Å²) in [6.45, 7) is 2.26. The summed E-state index contributed by atoms with van der Waals surface area (Å²) in [5, 5.41) is 15.0. The Bertz CT molecular complexity index is 837. The zero-order valence-electron chi connectivity index (χ0n) is 14.5. The van der Waals surface area contributed by atoms with Gasteiger partial charge in [-0.1, -0.05) is 12.2 Å². The second-order valence-corrected chi connectivity index (χ2v) is 7.61. The number of carbonyl (C=O) groups excluding carboxylic acids is 2. The van der Waals surface area contributed by atoms with Crippen LogP contribution in [0.1, 0.15) is 25.3 Å². The summed E-state index contributed by atoms with van der Waals surface area (Å²) in [5.74, 6) is -0.0346. The Morgan fingerprint density at radius 1 is 1.23 bits per heavy atom. The van der Waals surface area contributed by atoms with Crippen LogP contribution in [-0.4, -0.2) is 34.8 Å². The summed E-state index contributed by atoms with van der Waals surface area (Å²) >= 11 is 0. The summed E-state index contributed by atoms with van der Waals surface area (Å²) in [5.41, 5.74) is 0.850. The van der Waals surface area contributed by atoms with Crippen LogP contribution in [0.2, 0.25) is 0 Å². The normalized spacial score (nSPS) is 32.9. The van der Waals surface area contributed by atoms with Crippen LogP contribution in [0, 0.1) is 29.1 Å². The first-order valence-electron chi connectivity index (χ1n) is 9.13. The molecule has 1 spiro atoms. The number of fused-ring (bicyclic) bond motifs is 3. The van der Waals surface area contributed by atoms with E-state index in [9.17, 15) is 14.7 Å². The molecule has 2 amide bonds. The van der Waals surface area contributed by atoms with Crippen molar-refractivity contribution >= 4 is 18.0 Å². The van der Waals surface area contributed by atoms with E-state index in [0.29, 0.717) is 17.9 Å². The lowest BCUT2D eigenvalue weighted by atomic mass is 9.85. The first-order valence-corrected chi connectivity index (χ1v) is 9.13. The molecule has 6 heteroatoms. The Morgan fingerprint density at radius 2 is 1.88 bits per heavy atom. The molecule has 2 bridgehead atoms. The van der Waals surface area contributed by atoms with E-state index in [1.165, 1.54) is 12.3 Å². The van der Waals surface area contributed by atoms with Crippen molar-refractivity contribution in [2.45, 2.75) is 19.8 Å². The Balaban J connectivity index is 1.39. The van der Waals surface area contributed by atoms with Gasteiger partial charge in [0.05, 0.1) is 24.7 Å². The van der Waals surface area contributed by atoms with Gasteiger partial charge in [0, 0.05) is 0 Å². The minimum Gasteiger partial charge on any atom is -0.504 e. The van der Waals surface area contributed by atoms with Gasteiger partial charge < -0.3 is 9.84 Å². The molecule has 6 nitrogen and oxygen atoms in total. The number of phenolic OH excluding ortho intramolecular Hbond substituents is 1. The minimum absolute atomic E-state index is 0.0456. The monoisotopic (exact) mass is 352 g/mol. The molecule has 3 fully saturated rings. The molecule has 2 saturated carbocycles. The van der Waals surface area contributed by atoms with E-state index in [1.807, 2.05) is 6.92 Å². The van der Waals surface area contributed by atoms with E-state index >= 15 is 0 Å². The maximum absolute atomic E-state index is 12.8. The van der Waals surface area contributed by atoms with Crippen LogP contribution in [0.5, 0.6) is 11.5 Å². The van der Waals surface area contributed by atoms with Crippen LogP contribution < -0.4 is 4.74 Å². The largest absolute Gasteiger partial charge is 0.504 e. The molecular weight excluding hydrogens is 332 g/mol. The number of ether oxygens (including phenoxy) is 1. The number of imide groups is 1. The summed E-state index contributed by atoms with van der Waals surface area (Å²) in [6, 6.07) is 4.81. The van der Waals surface area contributed by atoms with Gasteiger partial charge in [-0.3, -0.25) is 9.59 Å². The van der Waals surface area contributed by atoms with Crippen molar-refractivity contribution in [2.75, 3.05) is 6.61 Å². The first-order chi connectivity index (χ1) is 12.6. The van der Waals surface area contributed by atoms with Crippen LogP contribution in [0.3, 0.4) is 0 Å². The van der Waals surface area contributed by atoms with Crippen molar-refractivity contribution in [1.29, 1.82) is 0 Å². The van der Waals surface area contributed by atoms with Gasteiger partial charge in [0.15, 0.2) is 11.5 Å². The molecule has 1 aromatic rings. The van der Waals surface area contributed by atoms with Gasteiger partial charge in [-0.15, -0.1) is 0 Å². The Hall–Kier alpha value is -2.63. The summed E-state index contributed by atoms with van der Waals surface area (Å²) in [4.78, 5) is 25.7. The smallest absolute Gasteiger partial charge is 0.254 e. The van der Waals surface area contributed by atoms with Crippen LogP contribution in [0.25, 0.3) is 0 Å². The number of nitrogens with zero attached hydrogens (tertiary/aromatic N) is 2. The van der Waals surface area contributed by atoms with Gasteiger partial charge >= 0.3 is 0 Å². The molecule has 0 aromatic heterocycles. The standard InChI is InChI=1S/C20H20N2O4/c1-2-26-15-9-11(3-6-14(15)23)10-21-22-18(24)16-12-4-5-13(17(16)19(22)25)20(12)7-8-20/h3-6,9-10,12-13,16-17,23H,2,7-8H2,1H3/b21-10-/t12-,13-,16-,17+/m0/s1. The Morgan fingerprint density at radius 3 is 2.46 bits per heavy atom. The SMILES string of the molecule is CCOc1cc(/C=N\N2C(=O)[C@@H]3[C@H](C2=O)[C@@H]2C=C[C@@H]3C23CC3)ccc1O. The lowest BCUT2D eigenvalue weighted by Crippen LogP contribution is -2.30. The van der Waals surface area contributed by atoms with Crippen molar-refractivity contribution in [3.63, 3.8) is 0 Å². The van der Waals surface area contributed by atoms with Crippen LogP contribution in [-0.2, 0) is 9.59 Å². The average molecular weight is 352 g/mol. The van der Waals surface area contributed by atoms with Gasteiger partial charge in [0.1, 0.15) is 0 Å². The zero-order valence-corrected chi connectivity index (χ0v) is 14.5. The van der Waals surface area contributed by atoms with Gasteiger partial charge in [-0.2, -0.15) is 10.1 Å². The van der Waals surface area contributed by atoms with Gasteiger partial charge in [0.2, 0.25) is 0 Å². The Labute approximate surface area is 151 Å². The summed E-state index contributed by atoms with van der Waals surface area (Å²) < 4.78 is 5.35. The first kappa shape index (κ1) is 15.6. The maximum Gasteiger partial charge on any atom is 0.254 e. The molecule has 3 aliphatic carbocycles. The average Bonchev–Trinajstić information content (AvgIpc) is 3.23. The number of carbonyl (C=O) groups is 2. The number of hydrogen-bond acceptors (Lipinski definition) is 5. The highest BCUT2D eigenvalue weighted by Crippen LogP contribution is 2.73. The predicted octanol–water partition coefficient (Wildman–Crippen LogP) is 2.32. The van der Waals surface area contributed by atoms with E-state index < -0.39 is 0 Å². The second-order valence-electron chi connectivity index (χ2n) is 7.61. The topological polar surface area (TPSA) is 79.2 Å². The Kier molecular flexibility index (Phi) is 3.12. The third kappa shape index (κ3) is 1.90. The molecule has 1 heterocycles. The molecule has 1 N–H and O–H groups in total. The van der Waals surface area contributed by atoms with Crippen molar-refractivity contribution < 1.29 is 19.4 Å². The quantitative estimate of drug-likeness (QED) is 0.512.